The minimum atomic E-state index is 1.06. The zero-order valence-corrected chi connectivity index (χ0v) is 26.9. The SMILES string of the molecule is c1ccc(-c2ccc(N(c3ccc(-c4ccccc4)cc3-c3ccccc3)c3cncc4c3sc3cc5ccccc5cc34)cc2)cc1. The van der Waals surface area contributed by atoms with Crippen LogP contribution in [0.15, 0.2) is 182 Å². The Hall–Kier alpha value is -6.03. The zero-order chi connectivity index (χ0) is 31.9. The quantitative estimate of drug-likeness (QED) is 0.182. The highest BCUT2D eigenvalue weighted by Gasteiger charge is 2.22. The van der Waals surface area contributed by atoms with Crippen molar-refractivity contribution >= 4 is 59.3 Å². The lowest BCUT2D eigenvalue weighted by Crippen LogP contribution is -2.12. The Balaban J connectivity index is 1.30. The van der Waals surface area contributed by atoms with Crippen LogP contribution in [-0.2, 0) is 0 Å². The highest BCUT2D eigenvalue weighted by Crippen LogP contribution is 2.48. The summed E-state index contributed by atoms with van der Waals surface area (Å²) in [5, 5.41) is 4.91. The fraction of sp³-hybridized carbons (Fsp3) is 0. The topological polar surface area (TPSA) is 16.1 Å². The van der Waals surface area contributed by atoms with E-state index in [0.29, 0.717) is 0 Å². The first kappa shape index (κ1) is 28.2. The molecule has 0 saturated heterocycles. The van der Waals surface area contributed by atoms with Gasteiger partial charge in [0.2, 0.25) is 0 Å². The number of fused-ring (bicyclic) bond motifs is 4. The van der Waals surface area contributed by atoms with Crippen molar-refractivity contribution in [3.8, 4) is 33.4 Å². The normalized spacial score (nSPS) is 11.3. The van der Waals surface area contributed by atoms with E-state index >= 15 is 0 Å². The number of anilines is 3. The number of benzene rings is 7. The van der Waals surface area contributed by atoms with Gasteiger partial charge in [-0.3, -0.25) is 4.98 Å². The third-order valence-corrected chi connectivity index (χ3v) is 10.3. The average Bonchev–Trinajstić information content (AvgIpc) is 3.53. The summed E-state index contributed by atoms with van der Waals surface area (Å²) in [6, 6.07) is 60.9. The van der Waals surface area contributed by atoms with Crippen molar-refractivity contribution in [1.29, 1.82) is 0 Å². The lowest BCUT2D eigenvalue weighted by atomic mass is 9.96. The van der Waals surface area contributed by atoms with Crippen LogP contribution >= 0.6 is 11.3 Å². The molecule has 0 saturated carbocycles. The average molecular weight is 631 g/mol. The van der Waals surface area contributed by atoms with Crippen LogP contribution in [-0.4, -0.2) is 4.98 Å². The van der Waals surface area contributed by atoms with Gasteiger partial charge in [0, 0.05) is 32.9 Å². The first-order valence-electron chi connectivity index (χ1n) is 16.2. The van der Waals surface area contributed by atoms with Gasteiger partial charge in [0.15, 0.2) is 0 Å². The molecule has 0 unspecified atom stereocenters. The van der Waals surface area contributed by atoms with E-state index in [4.69, 9.17) is 4.98 Å². The van der Waals surface area contributed by atoms with Gasteiger partial charge in [0.05, 0.1) is 22.3 Å². The van der Waals surface area contributed by atoms with Crippen LogP contribution in [0, 0.1) is 0 Å². The second-order valence-electron chi connectivity index (χ2n) is 12.0. The van der Waals surface area contributed by atoms with Gasteiger partial charge in [0.25, 0.3) is 0 Å². The molecule has 0 N–H and O–H groups in total. The van der Waals surface area contributed by atoms with Gasteiger partial charge in [-0.15, -0.1) is 11.3 Å². The molecule has 3 heteroatoms. The summed E-state index contributed by atoms with van der Waals surface area (Å²) >= 11 is 1.84. The van der Waals surface area contributed by atoms with Gasteiger partial charge in [-0.25, -0.2) is 0 Å². The Morgan fingerprint density at radius 3 is 1.67 bits per heavy atom. The van der Waals surface area contributed by atoms with Gasteiger partial charge >= 0.3 is 0 Å². The van der Waals surface area contributed by atoms with Crippen molar-refractivity contribution in [1.82, 2.24) is 4.98 Å². The Labute approximate surface area is 283 Å². The molecule has 0 atom stereocenters. The Kier molecular flexibility index (Phi) is 7.03. The summed E-state index contributed by atoms with van der Waals surface area (Å²) in [5.41, 5.74) is 10.3. The van der Waals surface area contributed by atoms with E-state index in [2.05, 4.69) is 175 Å². The lowest BCUT2D eigenvalue weighted by Gasteiger charge is -2.28. The molecule has 2 heterocycles. The van der Waals surface area contributed by atoms with E-state index in [1.54, 1.807) is 0 Å². The number of rotatable bonds is 6. The molecular weight excluding hydrogens is 601 g/mol. The standard InChI is InChI=1S/C45H30N2S/c1-4-12-31(13-5-1)33-20-23-38(24-21-33)47(42-25-22-37(32-14-6-2-7-15-32)26-39(42)34-16-8-3-9-17-34)43-30-46-29-41-40-27-35-18-10-11-19-36(35)28-44(40)48-45(41)43/h1-30H. The maximum atomic E-state index is 4.88. The lowest BCUT2D eigenvalue weighted by molar-refractivity contribution is 1.26. The monoisotopic (exact) mass is 630 g/mol. The van der Waals surface area contributed by atoms with Crippen molar-refractivity contribution < 1.29 is 0 Å². The molecular formula is C45H30N2S. The van der Waals surface area contributed by atoms with E-state index in [9.17, 15) is 0 Å². The summed E-state index contributed by atoms with van der Waals surface area (Å²) in [7, 11) is 0. The van der Waals surface area contributed by atoms with Crippen LogP contribution in [0.2, 0.25) is 0 Å². The molecule has 9 aromatic rings. The van der Waals surface area contributed by atoms with E-state index in [-0.39, 0.29) is 0 Å². The molecule has 0 aliphatic carbocycles. The molecule has 0 bridgehead atoms. The Morgan fingerprint density at radius 1 is 0.417 bits per heavy atom. The molecule has 2 aromatic heterocycles. The smallest absolute Gasteiger partial charge is 0.0825 e. The van der Waals surface area contributed by atoms with Crippen molar-refractivity contribution in [3.05, 3.63) is 182 Å². The van der Waals surface area contributed by atoms with Gasteiger partial charge in [0.1, 0.15) is 0 Å². The molecule has 0 aliphatic heterocycles. The van der Waals surface area contributed by atoms with Crippen molar-refractivity contribution in [2.75, 3.05) is 4.90 Å². The number of nitrogens with zero attached hydrogens (tertiary/aromatic N) is 2. The van der Waals surface area contributed by atoms with Gasteiger partial charge in [-0.05, 0) is 75.0 Å². The van der Waals surface area contributed by atoms with E-state index in [1.807, 2.05) is 23.7 Å². The Morgan fingerprint density at radius 2 is 0.979 bits per heavy atom. The molecule has 0 aliphatic rings. The molecule has 0 fully saturated rings. The molecule has 2 nitrogen and oxygen atoms in total. The number of hydrogen-bond acceptors (Lipinski definition) is 3. The number of aromatic nitrogens is 1. The summed E-state index contributed by atoms with van der Waals surface area (Å²) in [5.74, 6) is 0. The largest absolute Gasteiger partial charge is 0.307 e. The van der Waals surface area contributed by atoms with E-state index in [0.717, 1.165) is 22.6 Å². The predicted molar refractivity (Wildman–Crippen MR) is 206 cm³/mol. The van der Waals surface area contributed by atoms with Gasteiger partial charge in [-0.2, -0.15) is 0 Å². The zero-order valence-electron chi connectivity index (χ0n) is 26.1. The maximum absolute atomic E-state index is 4.88. The second-order valence-corrected chi connectivity index (χ2v) is 13.1. The fourth-order valence-corrected chi connectivity index (χ4v) is 7.96. The van der Waals surface area contributed by atoms with Gasteiger partial charge < -0.3 is 4.90 Å². The summed E-state index contributed by atoms with van der Waals surface area (Å²) in [6.45, 7) is 0. The molecule has 226 valence electrons. The van der Waals surface area contributed by atoms with E-state index < -0.39 is 0 Å². The Bertz CT molecular complexity index is 2540. The highest BCUT2D eigenvalue weighted by molar-refractivity contribution is 7.26. The molecule has 0 spiro atoms. The predicted octanol–water partition coefficient (Wildman–Crippen LogP) is 13.1. The van der Waals surface area contributed by atoms with Crippen LogP contribution in [0.3, 0.4) is 0 Å². The molecule has 9 rings (SSSR count). The van der Waals surface area contributed by atoms with Crippen LogP contribution in [0.4, 0.5) is 17.1 Å². The third-order valence-electron chi connectivity index (χ3n) is 9.13. The van der Waals surface area contributed by atoms with Crippen LogP contribution in [0.1, 0.15) is 0 Å². The first-order valence-corrected chi connectivity index (χ1v) is 17.0. The summed E-state index contributed by atoms with van der Waals surface area (Å²) in [4.78, 5) is 7.28. The highest BCUT2D eigenvalue weighted by atomic mass is 32.1. The van der Waals surface area contributed by atoms with Crippen LogP contribution < -0.4 is 4.90 Å². The van der Waals surface area contributed by atoms with Crippen molar-refractivity contribution in [2.45, 2.75) is 0 Å². The van der Waals surface area contributed by atoms with Gasteiger partial charge in [-0.1, -0.05) is 133 Å². The summed E-state index contributed by atoms with van der Waals surface area (Å²) in [6.07, 6.45) is 4.06. The number of thiophene rings is 1. The summed E-state index contributed by atoms with van der Waals surface area (Å²) < 4.78 is 2.48. The van der Waals surface area contributed by atoms with Crippen molar-refractivity contribution in [2.24, 2.45) is 0 Å². The molecule has 7 aromatic carbocycles. The number of hydrogen-bond donors (Lipinski definition) is 0. The second kappa shape index (κ2) is 12.0. The van der Waals surface area contributed by atoms with Crippen LogP contribution in [0.5, 0.6) is 0 Å². The molecule has 0 radical (unpaired) electrons. The van der Waals surface area contributed by atoms with Crippen LogP contribution in [0.25, 0.3) is 64.3 Å². The minimum absolute atomic E-state index is 1.06. The fourth-order valence-electron chi connectivity index (χ4n) is 6.75. The third kappa shape index (κ3) is 5.02. The minimum Gasteiger partial charge on any atom is -0.307 e. The number of pyridine rings is 1. The van der Waals surface area contributed by atoms with Crippen molar-refractivity contribution in [3.63, 3.8) is 0 Å². The molecule has 0 amide bonds. The van der Waals surface area contributed by atoms with E-state index in [1.165, 1.54) is 58.8 Å². The maximum Gasteiger partial charge on any atom is 0.0825 e. The first-order chi connectivity index (χ1) is 23.8. The molecule has 48 heavy (non-hydrogen) atoms.